The van der Waals surface area contributed by atoms with Crippen LogP contribution in [0, 0.1) is 0 Å². The van der Waals surface area contributed by atoms with Gasteiger partial charge in [-0.15, -0.1) is 0 Å². The normalized spacial score (nSPS) is 10.8. The summed E-state index contributed by atoms with van der Waals surface area (Å²) < 4.78 is 7.36. The van der Waals surface area contributed by atoms with Gasteiger partial charge in [-0.2, -0.15) is 0 Å². The molecule has 58 valence electrons. The Morgan fingerprint density at radius 2 is 2.45 bits per heavy atom. The number of hydrogen-bond acceptors (Lipinski definition) is 1. The van der Waals surface area contributed by atoms with E-state index in [9.17, 15) is 4.79 Å². The minimum atomic E-state index is -0.975. The van der Waals surface area contributed by atoms with Crippen molar-refractivity contribution in [3.63, 3.8) is 0 Å². The van der Waals surface area contributed by atoms with Gasteiger partial charge in [-0.25, -0.2) is 0 Å². The summed E-state index contributed by atoms with van der Waals surface area (Å²) in [6.45, 7) is 0. The van der Waals surface area contributed by atoms with Gasteiger partial charge in [-0.1, -0.05) is 29.8 Å². The number of carboxylic acid groups (broad SMARTS) is 1. The highest BCUT2D eigenvalue weighted by Gasteiger charge is 2.02. The van der Waals surface area contributed by atoms with E-state index in [2.05, 4.69) is 0 Å². The van der Waals surface area contributed by atoms with Crippen LogP contribution in [0.1, 0.15) is 6.93 Å². The fourth-order valence-corrected chi connectivity index (χ4v) is 0.932. The van der Waals surface area contributed by atoms with Crippen molar-refractivity contribution in [1.82, 2.24) is 0 Å². The molecule has 0 aliphatic rings. The van der Waals surface area contributed by atoms with Crippen LogP contribution >= 0.6 is 11.6 Å². The second kappa shape index (κ2) is 3.39. The van der Waals surface area contributed by atoms with Gasteiger partial charge in [0.05, 0.1) is 7.79 Å². The molecule has 1 aromatic rings. The molecule has 0 fully saturated rings. The van der Waals surface area contributed by atoms with Crippen LogP contribution in [0.4, 0.5) is 0 Å². The lowest BCUT2D eigenvalue weighted by Gasteiger charge is -1.97. The summed E-state index contributed by atoms with van der Waals surface area (Å²) in [4.78, 5) is 10.3. The van der Waals surface area contributed by atoms with E-state index in [4.69, 9.17) is 18.1 Å². The van der Waals surface area contributed by atoms with E-state index in [1.165, 1.54) is 6.07 Å². The summed E-state index contributed by atoms with van der Waals surface area (Å²) in [6, 6.07) is 4.89. The molecule has 0 saturated heterocycles. The SMILES string of the molecule is [2H]c1cccc(Cl)c1CC(=O)O. The van der Waals surface area contributed by atoms with Crippen LogP contribution in [-0.4, -0.2) is 11.1 Å². The van der Waals surface area contributed by atoms with Crippen molar-refractivity contribution in [2.45, 2.75) is 6.42 Å². The lowest BCUT2D eigenvalue weighted by Crippen LogP contribution is -1.99. The van der Waals surface area contributed by atoms with Gasteiger partial charge in [0.1, 0.15) is 0 Å². The standard InChI is InChI=1S/C8H7ClO2/c9-7-4-2-1-3-6(7)5-8(10)11/h1-4H,5H2,(H,10,11)/i3D. The summed E-state index contributed by atoms with van der Waals surface area (Å²) in [5.41, 5.74) is 0.367. The van der Waals surface area contributed by atoms with E-state index in [1.807, 2.05) is 0 Å². The third kappa shape index (κ3) is 2.24. The highest BCUT2D eigenvalue weighted by atomic mass is 35.5. The van der Waals surface area contributed by atoms with Crippen LogP contribution < -0.4 is 0 Å². The van der Waals surface area contributed by atoms with E-state index in [1.54, 1.807) is 12.1 Å². The number of hydrogen-bond donors (Lipinski definition) is 1. The lowest BCUT2D eigenvalue weighted by molar-refractivity contribution is -0.136. The van der Waals surface area contributed by atoms with Crippen molar-refractivity contribution in [2.75, 3.05) is 0 Å². The molecule has 1 aromatic carbocycles. The molecule has 0 atom stereocenters. The number of benzene rings is 1. The Hall–Kier alpha value is -1.02. The van der Waals surface area contributed by atoms with E-state index in [0.29, 0.717) is 10.6 Å². The average Bonchev–Trinajstić information content (AvgIpc) is 1.97. The van der Waals surface area contributed by atoms with Crippen molar-refractivity contribution in [1.29, 1.82) is 0 Å². The first-order valence-corrected chi connectivity index (χ1v) is 3.45. The third-order valence-electron chi connectivity index (χ3n) is 1.21. The number of rotatable bonds is 2. The third-order valence-corrected chi connectivity index (χ3v) is 1.57. The van der Waals surface area contributed by atoms with Gasteiger partial charge in [-0.05, 0) is 11.6 Å². The van der Waals surface area contributed by atoms with Gasteiger partial charge in [0, 0.05) is 5.02 Å². The molecular weight excluding hydrogens is 164 g/mol. The van der Waals surface area contributed by atoms with Crippen LogP contribution in [-0.2, 0) is 11.2 Å². The quantitative estimate of drug-likeness (QED) is 0.739. The van der Waals surface area contributed by atoms with E-state index >= 15 is 0 Å². The maximum Gasteiger partial charge on any atom is 0.307 e. The summed E-state index contributed by atoms with van der Waals surface area (Å²) in [6.07, 6.45) is -0.196. The second-order valence-electron chi connectivity index (χ2n) is 2.07. The minimum Gasteiger partial charge on any atom is -0.481 e. The number of carboxylic acids is 1. The molecular formula is C8H7ClO2. The molecule has 0 saturated carbocycles. The Morgan fingerprint density at radius 3 is 3.00 bits per heavy atom. The summed E-state index contributed by atoms with van der Waals surface area (Å²) in [5.74, 6) is -0.975. The molecule has 3 heteroatoms. The summed E-state index contributed by atoms with van der Waals surface area (Å²) in [7, 11) is 0. The van der Waals surface area contributed by atoms with Crippen LogP contribution in [0.5, 0.6) is 0 Å². The Labute approximate surface area is 70.8 Å². The zero-order valence-corrected chi connectivity index (χ0v) is 6.43. The predicted octanol–water partition coefficient (Wildman–Crippen LogP) is 1.97. The maximum atomic E-state index is 10.3. The first kappa shape index (κ1) is 6.68. The van der Waals surface area contributed by atoms with Crippen molar-refractivity contribution in [3.8, 4) is 0 Å². The molecule has 11 heavy (non-hydrogen) atoms. The van der Waals surface area contributed by atoms with E-state index < -0.39 is 5.97 Å². The Morgan fingerprint density at radius 1 is 1.73 bits per heavy atom. The van der Waals surface area contributed by atoms with Crippen LogP contribution in [0.3, 0.4) is 0 Å². The molecule has 1 N–H and O–H groups in total. The summed E-state index contributed by atoms with van der Waals surface area (Å²) >= 11 is 5.69. The van der Waals surface area contributed by atoms with Crippen molar-refractivity contribution < 1.29 is 11.3 Å². The van der Waals surface area contributed by atoms with Crippen molar-refractivity contribution >= 4 is 17.6 Å². The van der Waals surface area contributed by atoms with Crippen LogP contribution in [0.2, 0.25) is 5.02 Å². The molecule has 1 rings (SSSR count). The van der Waals surface area contributed by atoms with Gasteiger partial charge in [0.15, 0.2) is 0 Å². The Bertz CT molecular complexity index is 292. The average molecular weight is 172 g/mol. The first-order valence-electron chi connectivity index (χ1n) is 3.57. The largest absolute Gasteiger partial charge is 0.481 e. The zero-order chi connectivity index (χ0) is 9.14. The molecule has 0 amide bonds. The van der Waals surface area contributed by atoms with Gasteiger partial charge in [0.2, 0.25) is 0 Å². The van der Waals surface area contributed by atoms with E-state index in [0.717, 1.165) is 0 Å². The van der Waals surface area contributed by atoms with Crippen molar-refractivity contribution in [2.24, 2.45) is 0 Å². The summed E-state index contributed by atoms with van der Waals surface area (Å²) in [5, 5.41) is 8.81. The Kier molecular flexibility index (Phi) is 2.06. The fourth-order valence-electron chi connectivity index (χ4n) is 0.738. The lowest BCUT2D eigenvalue weighted by atomic mass is 10.1. The van der Waals surface area contributed by atoms with Gasteiger partial charge < -0.3 is 5.11 Å². The topological polar surface area (TPSA) is 37.3 Å². The molecule has 2 nitrogen and oxygen atoms in total. The predicted molar refractivity (Wildman–Crippen MR) is 42.8 cm³/mol. The van der Waals surface area contributed by atoms with Crippen LogP contribution in [0.25, 0.3) is 0 Å². The molecule has 0 unspecified atom stereocenters. The van der Waals surface area contributed by atoms with E-state index in [-0.39, 0.29) is 12.5 Å². The zero-order valence-electron chi connectivity index (χ0n) is 6.67. The molecule has 0 spiro atoms. The Balaban J connectivity index is 3.04. The van der Waals surface area contributed by atoms with Gasteiger partial charge >= 0.3 is 5.97 Å². The molecule has 0 aliphatic heterocycles. The highest BCUT2D eigenvalue weighted by molar-refractivity contribution is 6.31. The van der Waals surface area contributed by atoms with Gasteiger partial charge in [-0.3, -0.25) is 4.79 Å². The molecule has 0 aliphatic carbocycles. The fraction of sp³-hybridized carbons (Fsp3) is 0.125. The first-order chi connectivity index (χ1) is 5.61. The smallest absolute Gasteiger partial charge is 0.307 e. The monoisotopic (exact) mass is 171 g/mol. The van der Waals surface area contributed by atoms with Crippen molar-refractivity contribution in [3.05, 3.63) is 34.8 Å². The number of carbonyl (C=O) groups is 1. The molecule has 0 bridgehead atoms. The number of halogens is 1. The maximum absolute atomic E-state index is 10.3. The molecule has 0 aromatic heterocycles. The highest BCUT2D eigenvalue weighted by Crippen LogP contribution is 2.14. The molecule has 0 radical (unpaired) electrons. The second-order valence-corrected chi connectivity index (χ2v) is 2.47. The molecule has 0 heterocycles. The van der Waals surface area contributed by atoms with Crippen LogP contribution in [0.15, 0.2) is 24.2 Å². The number of aliphatic carboxylic acids is 1. The van der Waals surface area contributed by atoms with Gasteiger partial charge in [0.25, 0.3) is 0 Å². The minimum absolute atomic E-state index is 0.171.